The Labute approximate surface area is 161 Å². The Morgan fingerprint density at radius 2 is 1.88 bits per heavy atom. The van der Waals surface area contributed by atoms with Crippen LogP contribution in [0.4, 0.5) is 0 Å². The normalized spacial score (nSPS) is 17.7. The zero-order valence-electron chi connectivity index (χ0n) is 16.0. The number of aryl methyl sites for hydroxylation is 1. The van der Waals surface area contributed by atoms with Crippen molar-refractivity contribution in [1.82, 2.24) is 4.90 Å². The molecular weight excluding hydrogens is 346 g/mol. The summed E-state index contributed by atoms with van der Waals surface area (Å²) in [6.07, 6.45) is 4.45. The van der Waals surface area contributed by atoms with Crippen LogP contribution in [0.1, 0.15) is 52.0 Å². The van der Waals surface area contributed by atoms with E-state index in [1.165, 1.54) is 5.56 Å². The second-order valence-corrected chi connectivity index (χ2v) is 8.25. The molecule has 1 unspecified atom stereocenters. The van der Waals surface area contributed by atoms with Gasteiger partial charge in [-0.3, -0.25) is 9.59 Å². The molecule has 1 aliphatic heterocycles. The van der Waals surface area contributed by atoms with Gasteiger partial charge < -0.3 is 9.64 Å². The average molecular weight is 376 g/mol. The predicted octanol–water partition coefficient (Wildman–Crippen LogP) is 3.96. The molecule has 26 heavy (non-hydrogen) atoms. The lowest BCUT2D eigenvalue weighted by Crippen LogP contribution is -2.52. The van der Waals surface area contributed by atoms with Gasteiger partial charge in [0.05, 0.1) is 6.61 Å². The molecule has 1 atom stereocenters. The van der Waals surface area contributed by atoms with Gasteiger partial charge in [-0.25, -0.2) is 0 Å². The van der Waals surface area contributed by atoms with E-state index in [2.05, 4.69) is 12.1 Å². The highest BCUT2D eigenvalue weighted by atomic mass is 32.1. The van der Waals surface area contributed by atoms with Crippen LogP contribution in [-0.4, -0.2) is 40.8 Å². The van der Waals surface area contributed by atoms with Crippen molar-refractivity contribution >= 4 is 29.0 Å². The lowest BCUT2D eigenvalue weighted by Gasteiger charge is -2.36. The van der Waals surface area contributed by atoms with Crippen molar-refractivity contribution in [3.8, 4) is 0 Å². The van der Waals surface area contributed by atoms with Crippen LogP contribution in [0.3, 0.4) is 0 Å². The number of benzene rings is 1. The van der Waals surface area contributed by atoms with Gasteiger partial charge in [0, 0.05) is 12.0 Å². The maximum absolute atomic E-state index is 12.6. The number of carbonyl (C=O) groups is 2. The van der Waals surface area contributed by atoms with Gasteiger partial charge >= 0.3 is 0 Å². The Kier molecular flexibility index (Phi) is 7.33. The Hall–Kier alpha value is -1.75. The van der Waals surface area contributed by atoms with E-state index in [4.69, 9.17) is 17.0 Å². The standard InChI is InChI=1S/C21H29NO3S/c1-21(2,3)18(23)19(24)22-14-8-7-13-17(22)20(26)25-15-9-12-16-10-5-4-6-11-16/h4-6,10-11,17H,7-9,12-15H2,1-3H3. The van der Waals surface area contributed by atoms with Gasteiger partial charge in [-0.05, 0) is 49.9 Å². The number of rotatable bonds is 6. The third-order valence-corrected chi connectivity index (χ3v) is 5.00. The highest BCUT2D eigenvalue weighted by molar-refractivity contribution is 7.80. The van der Waals surface area contributed by atoms with Crippen LogP contribution in [0.15, 0.2) is 30.3 Å². The molecular formula is C21H29NO3S. The second-order valence-electron chi connectivity index (χ2n) is 7.85. The molecule has 0 radical (unpaired) electrons. The molecule has 0 bridgehead atoms. The number of piperidine rings is 1. The van der Waals surface area contributed by atoms with Crippen LogP contribution < -0.4 is 0 Å². The molecule has 2 rings (SSSR count). The van der Waals surface area contributed by atoms with Crippen molar-refractivity contribution in [3.63, 3.8) is 0 Å². The van der Waals surface area contributed by atoms with E-state index in [1.54, 1.807) is 25.7 Å². The minimum Gasteiger partial charge on any atom is -0.485 e. The Morgan fingerprint density at radius 1 is 1.19 bits per heavy atom. The summed E-state index contributed by atoms with van der Waals surface area (Å²) >= 11 is 5.45. The van der Waals surface area contributed by atoms with E-state index in [-0.39, 0.29) is 11.8 Å². The van der Waals surface area contributed by atoms with E-state index in [0.717, 1.165) is 32.1 Å². The first kappa shape index (κ1) is 20.6. The zero-order chi connectivity index (χ0) is 19.2. The molecule has 0 saturated carbocycles. The van der Waals surface area contributed by atoms with Gasteiger partial charge in [0.2, 0.25) is 5.78 Å². The second kappa shape index (κ2) is 9.26. The van der Waals surface area contributed by atoms with Crippen LogP contribution in [0, 0.1) is 5.41 Å². The summed E-state index contributed by atoms with van der Waals surface area (Å²) in [4.78, 5) is 26.6. The van der Waals surface area contributed by atoms with Crippen LogP contribution in [0.25, 0.3) is 0 Å². The molecule has 1 heterocycles. The van der Waals surface area contributed by atoms with Crippen LogP contribution in [-0.2, 0) is 20.7 Å². The number of hydrogen-bond acceptors (Lipinski definition) is 4. The summed E-state index contributed by atoms with van der Waals surface area (Å²) in [6.45, 7) is 6.40. The summed E-state index contributed by atoms with van der Waals surface area (Å²) in [6, 6.07) is 9.98. The van der Waals surface area contributed by atoms with E-state index < -0.39 is 11.3 Å². The molecule has 0 N–H and O–H groups in total. The number of ketones is 1. The van der Waals surface area contributed by atoms with Crippen molar-refractivity contribution in [3.05, 3.63) is 35.9 Å². The maximum Gasteiger partial charge on any atom is 0.291 e. The molecule has 1 aromatic rings. The van der Waals surface area contributed by atoms with Gasteiger partial charge in [-0.2, -0.15) is 0 Å². The Bertz CT molecular complexity index is 636. The summed E-state index contributed by atoms with van der Waals surface area (Å²) in [7, 11) is 0. The largest absolute Gasteiger partial charge is 0.485 e. The average Bonchev–Trinajstić information content (AvgIpc) is 2.64. The van der Waals surface area contributed by atoms with E-state index in [9.17, 15) is 9.59 Å². The maximum atomic E-state index is 12.6. The number of hydrogen-bond donors (Lipinski definition) is 0. The first-order valence-electron chi connectivity index (χ1n) is 9.36. The van der Waals surface area contributed by atoms with Crippen molar-refractivity contribution in [2.75, 3.05) is 13.2 Å². The minimum atomic E-state index is -0.683. The van der Waals surface area contributed by atoms with Gasteiger partial charge in [-0.1, -0.05) is 51.1 Å². The van der Waals surface area contributed by atoms with E-state index in [0.29, 0.717) is 18.2 Å². The molecule has 1 saturated heterocycles. The van der Waals surface area contributed by atoms with Crippen LogP contribution in [0.2, 0.25) is 0 Å². The molecule has 142 valence electrons. The van der Waals surface area contributed by atoms with Crippen molar-refractivity contribution in [2.24, 2.45) is 5.41 Å². The van der Waals surface area contributed by atoms with Crippen molar-refractivity contribution in [2.45, 2.75) is 58.9 Å². The monoisotopic (exact) mass is 375 g/mol. The summed E-state index contributed by atoms with van der Waals surface area (Å²) < 4.78 is 5.78. The third kappa shape index (κ3) is 5.63. The van der Waals surface area contributed by atoms with Crippen molar-refractivity contribution in [1.29, 1.82) is 0 Å². The SMILES string of the molecule is CC(C)(C)C(=O)C(=O)N1CCCCC1C(=S)OCCCc1ccccc1. The smallest absolute Gasteiger partial charge is 0.291 e. The first-order valence-corrected chi connectivity index (χ1v) is 9.77. The molecule has 0 spiro atoms. The lowest BCUT2D eigenvalue weighted by molar-refractivity contribution is -0.150. The fourth-order valence-corrected chi connectivity index (χ4v) is 3.39. The molecule has 4 nitrogen and oxygen atoms in total. The molecule has 1 aliphatic rings. The molecule has 1 aromatic carbocycles. The fourth-order valence-electron chi connectivity index (χ4n) is 3.06. The molecule has 1 fully saturated rings. The Balaban J connectivity index is 1.88. The number of thiocarbonyl (C=S) groups is 1. The number of carbonyl (C=O) groups excluding carboxylic acids is 2. The highest BCUT2D eigenvalue weighted by Gasteiger charge is 2.38. The van der Waals surface area contributed by atoms with Gasteiger partial charge in [-0.15, -0.1) is 0 Å². The highest BCUT2D eigenvalue weighted by Crippen LogP contribution is 2.23. The quantitative estimate of drug-likeness (QED) is 0.429. The summed E-state index contributed by atoms with van der Waals surface area (Å²) in [5.41, 5.74) is 0.587. The molecule has 0 aromatic heterocycles. The van der Waals surface area contributed by atoms with Crippen LogP contribution in [0.5, 0.6) is 0 Å². The fraction of sp³-hybridized carbons (Fsp3) is 0.571. The summed E-state index contributed by atoms with van der Waals surface area (Å²) in [5.74, 6) is -0.797. The number of nitrogens with zero attached hydrogens (tertiary/aromatic N) is 1. The Morgan fingerprint density at radius 3 is 2.54 bits per heavy atom. The third-order valence-electron chi connectivity index (χ3n) is 4.61. The molecule has 5 heteroatoms. The number of likely N-dealkylation sites (tertiary alicyclic amines) is 1. The zero-order valence-corrected chi connectivity index (χ0v) is 16.8. The number of amides is 1. The minimum absolute atomic E-state index is 0.269. The first-order chi connectivity index (χ1) is 12.3. The number of Topliss-reactive ketones (excluding diaryl/α,β-unsaturated/α-hetero) is 1. The molecule has 1 amide bonds. The van der Waals surface area contributed by atoms with Crippen molar-refractivity contribution < 1.29 is 14.3 Å². The van der Waals surface area contributed by atoms with Gasteiger partial charge in [0.1, 0.15) is 6.04 Å². The predicted molar refractivity (Wildman–Crippen MR) is 107 cm³/mol. The topological polar surface area (TPSA) is 46.6 Å². The molecule has 0 aliphatic carbocycles. The lowest BCUT2D eigenvalue weighted by atomic mass is 9.89. The van der Waals surface area contributed by atoms with E-state index in [1.807, 2.05) is 18.2 Å². The van der Waals surface area contributed by atoms with E-state index >= 15 is 0 Å². The van der Waals surface area contributed by atoms with Crippen LogP contribution >= 0.6 is 12.2 Å². The van der Waals surface area contributed by atoms with Gasteiger partial charge in [0.15, 0.2) is 5.05 Å². The number of ether oxygens (including phenoxy) is 1. The summed E-state index contributed by atoms with van der Waals surface area (Å²) in [5, 5.41) is 0.438. The van der Waals surface area contributed by atoms with Gasteiger partial charge in [0.25, 0.3) is 5.91 Å².